The second-order valence-corrected chi connectivity index (χ2v) is 6.26. The number of ether oxygens (including phenoxy) is 2. The van der Waals surface area contributed by atoms with Crippen LogP contribution in [0.25, 0.3) is 0 Å². The van der Waals surface area contributed by atoms with Gasteiger partial charge in [0.15, 0.2) is 6.61 Å². The molecule has 2 aromatic rings. The van der Waals surface area contributed by atoms with E-state index in [4.69, 9.17) is 9.47 Å². The molecule has 0 heterocycles. The Morgan fingerprint density at radius 3 is 2.29 bits per heavy atom. The first kappa shape index (κ1) is 17.5. The number of esters is 1. The van der Waals surface area contributed by atoms with Gasteiger partial charge in [0, 0.05) is 17.7 Å². The minimum Gasteiger partial charge on any atom is -0.482 e. The highest BCUT2D eigenvalue weighted by molar-refractivity contribution is 5.74. The Bertz CT molecular complexity index is 732. The summed E-state index contributed by atoms with van der Waals surface area (Å²) in [6, 6.07) is 12.9. The Morgan fingerprint density at radius 1 is 1.08 bits per heavy atom. The molecule has 0 fully saturated rings. The van der Waals surface area contributed by atoms with Crippen LogP contribution in [0.2, 0.25) is 0 Å². The van der Waals surface area contributed by atoms with Crippen LogP contribution in [-0.4, -0.2) is 17.5 Å². The number of nitro groups is 1. The number of nitrogens with zero attached hydrogens (tertiary/aromatic N) is 1. The van der Waals surface area contributed by atoms with E-state index in [-0.39, 0.29) is 17.7 Å². The molecule has 126 valence electrons. The average Bonchev–Trinajstić information content (AvgIpc) is 2.53. The van der Waals surface area contributed by atoms with Crippen LogP contribution in [-0.2, 0) is 10.2 Å². The molecule has 0 aliphatic rings. The van der Waals surface area contributed by atoms with Crippen LogP contribution < -0.4 is 9.47 Å². The quantitative estimate of drug-likeness (QED) is 0.360. The molecule has 0 bridgehead atoms. The van der Waals surface area contributed by atoms with Crippen molar-refractivity contribution in [1.82, 2.24) is 0 Å². The first-order valence-electron chi connectivity index (χ1n) is 7.45. The summed E-state index contributed by atoms with van der Waals surface area (Å²) in [6.07, 6.45) is 0. The van der Waals surface area contributed by atoms with Crippen molar-refractivity contribution in [2.45, 2.75) is 26.2 Å². The number of carbonyl (C=O) groups excluding carboxylic acids is 1. The lowest BCUT2D eigenvalue weighted by molar-refractivity contribution is -0.384. The predicted molar refractivity (Wildman–Crippen MR) is 89.4 cm³/mol. The molecule has 24 heavy (non-hydrogen) atoms. The molecule has 0 atom stereocenters. The van der Waals surface area contributed by atoms with E-state index in [0.29, 0.717) is 11.5 Å². The molecule has 0 spiro atoms. The van der Waals surface area contributed by atoms with E-state index < -0.39 is 10.9 Å². The summed E-state index contributed by atoms with van der Waals surface area (Å²) in [5.41, 5.74) is 0.730. The first-order chi connectivity index (χ1) is 11.3. The van der Waals surface area contributed by atoms with Gasteiger partial charge in [0.25, 0.3) is 5.69 Å². The summed E-state index contributed by atoms with van der Waals surface area (Å²) in [5, 5.41) is 10.6. The average molecular weight is 329 g/mol. The van der Waals surface area contributed by atoms with Gasteiger partial charge in [-0.15, -0.1) is 0 Å². The molecule has 2 aromatic carbocycles. The standard InChI is InChI=1S/C18H19NO5/c1-18(2,3)15-6-4-5-7-16(15)24-17(20)12-23-14-10-8-13(9-11-14)19(21)22/h4-11H,12H2,1-3H3. The second kappa shape index (κ2) is 7.12. The lowest BCUT2D eigenvalue weighted by atomic mass is 9.86. The number of rotatable bonds is 5. The van der Waals surface area contributed by atoms with Crippen molar-refractivity contribution in [2.24, 2.45) is 0 Å². The summed E-state index contributed by atoms with van der Waals surface area (Å²) in [6.45, 7) is 5.82. The molecule has 2 rings (SSSR count). The Morgan fingerprint density at radius 2 is 1.71 bits per heavy atom. The normalized spacial score (nSPS) is 11.0. The molecular weight excluding hydrogens is 310 g/mol. The SMILES string of the molecule is CC(C)(C)c1ccccc1OC(=O)COc1ccc([N+](=O)[O-])cc1. The number of nitro benzene ring substituents is 1. The van der Waals surface area contributed by atoms with Gasteiger partial charge in [0.2, 0.25) is 0 Å². The maximum Gasteiger partial charge on any atom is 0.349 e. The summed E-state index contributed by atoms with van der Waals surface area (Å²) in [5.74, 6) is 0.328. The largest absolute Gasteiger partial charge is 0.482 e. The molecule has 6 nitrogen and oxygen atoms in total. The Hall–Kier alpha value is -2.89. The third kappa shape index (κ3) is 4.55. The van der Waals surface area contributed by atoms with Crippen LogP contribution in [0.1, 0.15) is 26.3 Å². The van der Waals surface area contributed by atoms with E-state index in [1.54, 1.807) is 12.1 Å². The maximum atomic E-state index is 12.0. The van der Waals surface area contributed by atoms with Crippen molar-refractivity contribution in [1.29, 1.82) is 0 Å². The predicted octanol–water partition coefficient (Wildman–Crippen LogP) is 3.88. The minimum absolute atomic E-state index is 0.0379. The topological polar surface area (TPSA) is 78.7 Å². The van der Waals surface area contributed by atoms with Gasteiger partial charge >= 0.3 is 5.97 Å². The van der Waals surface area contributed by atoms with Gasteiger partial charge in [-0.3, -0.25) is 10.1 Å². The zero-order valence-corrected chi connectivity index (χ0v) is 13.8. The smallest absolute Gasteiger partial charge is 0.349 e. The van der Waals surface area contributed by atoms with E-state index in [2.05, 4.69) is 0 Å². The van der Waals surface area contributed by atoms with E-state index in [0.717, 1.165) is 5.56 Å². The zero-order chi connectivity index (χ0) is 17.7. The number of benzene rings is 2. The number of hydrogen-bond donors (Lipinski definition) is 0. The third-order valence-electron chi connectivity index (χ3n) is 3.32. The molecule has 0 aliphatic heterocycles. The van der Waals surface area contributed by atoms with Crippen LogP contribution in [0.3, 0.4) is 0 Å². The molecule has 0 radical (unpaired) electrons. The molecule has 0 amide bonds. The van der Waals surface area contributed by atoms with E-state index in [1.165, 1.54) is 24.3 Å². The van der Waals surface area contributed by atoms with Crippen molar-refractivity contribution >= 4 is 11.7 Å². The molecular formula is C18H19NO5. The summed E-state index contributed by atoms with van der Waals surface area (Å²) < 4.78 is 10.7. The van der Waals surface area contributed by atoms with Crippen molar-refractivity contribution in [3.63, 3.8) is 0 Å². The van der Waals surface area contributed by atoms with Crippen molar-refractivity contribution in [3.8, 4) is 11.5 Å². The highest BCUT2D eigenvalue weighted by Crippen LogP contribution is 2.31. The number of para-hydroxylation sites is 1. The first-order valence-corrected chi connectivity index (χ1v) is 7.45. The lowest BCUT2D eigenvalue weighted by Gasteiger charge is -2.22. The van der Waals surface area contributed by atoms with Gasteiger partial charge in [0.05, 0.1) is 4.92 Å². The monoisotopic (exact) mass is 329 g/mol. The highest BCUT2D eigenvalue weighted by Gasteiger charge is 2.20. The van der Waals surface area contributed by atoms with Crippen LogP contribution in [0.5, 0.6) is 11.5 Å². The van der Waals surface area contributed by atoms with Gasteiger partial charge in [0.1, 0.15) is 11.5 Å². The summed E-state index contributed by atoms with van der Waals surface area (Å²) >= 11 is 0. The molecule has 0 aliphatic carbocycles. The third-order valence-corrected chi connectivity index (χ3v) is 3.32. The van der Waals surface area contributed by atoms with Gasteiger partial charge in [-0.25, -0.2) is 4.79 Å². The van der Waals surface area contributed by atoms with E-state index in [1.807, 2.05) is 32.9 Å². The van der Waals surface area contributed by atoms with Crippen LogP contribution in [0, 0.1) is 10.1 Å². The van der Waals surface area contributed by atoms with Gasteiger partial charge in [-0.2, -0.15) is 0 Å². The maximum absolute atomic E-state index is 12.0. The van der Waals surface area contributed by atoms with Crippen molar-refractivity contribution in [2.75, 3.05) is 6.61 Å². The van der Waals surface area contributed by atoms with E-state index >= 15 is 0 Å². The number of non-ortho nitro benzene ring substituents is 1. The molecule has 0 aromatic heterocycles. The Labute approximate surface area is 140 Å². The molecule has 0 N–H and O–H groups in total. The Kier molecular flexibility index (Phi) is 5.18. The summed E-state index contributed by atoms with van der Waals surface area (Å²) in [7, 11) is 0. The van der Waals surface area contributed by atoms with Gasteiger partial charge in [-0.05, 0) is 23.6 Å². The minimum atomic E-state index is -0.537. The van der Waals surface area contributed by atoms with Crippen molar-refractivity contribution in [3.05, 3.63) is 64.2 Å². The number of carbonyl (C=O) groups is 1. The van der Waals surface area contributed by atoms with Crippen LogP contribution >= 0.6 is 0 Å². The summed E-state index contributed by atoms with van der Waals surface area (Å²) in [4.78, 5) is 22.1. The molecule has 6 heteroatoms. The van der Waals surface area contributed by atoms with Gasteiger partial charge < -0.3 is 9.47 Å². The Balaban J connectivity index is 1.98. The van der Waals surface area contributed by atoms with Gasteiger partial charge in [-0.1, -0.05) is 39.0 Å². The van der Waals surface area contributed by atoms with Crippen LogP contribution in [0.15, 0.2) is 48.5 Å². The molecule has 0 saturated heterocycles. The molecule has 0 saturated carbocycles. The fourth-order valence-electron chi connectivity index (χ4n) is 2.13. The fourth-order valence-corrected chi connectivity index (χ4v) is 2.13. The number of hydrogen-bond acceptors (Lipinski definition) is 5. The second-order valence-electron chi connectivity index (χ2n) is 6.26. The lowest BCUT2D eigenvalue weighted by Crippen LogP contribution is -2.20. The van der Waals surface area contributed by atoms with Crippen LogP contribution in [0.4, 0.5) is 5.69 Å². The van der Waals surface area contributed by atoms with E-state index in [9.17, 15) is 14.9 Å². The molecule has 0 unspecified atom stereocenters. The highest BCUT2D eigenvalue weighted by atomic mass is 16.6. The zero-order valence-electron chi connectivity index (χ0n) is 13.8. The fraction of sp³-hybridized carbons (Fsp3) is 0.278. The van der Waals surface area contributed by atoms with Crippen molar-refractivity contribution < 1.29 is 19.2 Å².